The van der Waals surface area contributed by atoms with Crippen molar-refractivity contribution in [3.63, 3.8) is 0 Å². The largest absolute Gasteiger partial charge is 0.493 e. The molecule has 3 heterocycles. The van der Waals surface area contributed by atoms with E-state index < -0.39 is 0 Å². The number of rotatable bonds is 8. The van der Waals surface area contributed by atoms with Gasteiger partial charge in [0, 0.05) is 23.9 Å². The molecule has 0 bridgehead atoms. The Morgan fingerprint density at radius 3 is 2.97 bits per heavy atom. The van der Waals surface area contributed by atoms with Crippen molar-refractivity contribution in [1.29, 1.82) is 0 Å². The van der Waals surface area contributed by atoms with Gasteiger partial charge in [0.05, 0.1) is 6.61 Å². The summed E-state index contributed by atoms with van der Waals surface area (Å²) in [4.78, 5) is 14.6. The number of nitrogen functional groups attached to an aromatic ring is 1. The van der Waals surface area contributed by atoms with Crippen molar-refractivity contribution in [3.05, 3.63) is 29.6 Å². The van der Waals surface area contributed by atoms with Crippen LogP contribution in [0.3, 0.4) is 0 Å². The number of anilines is 1. The van der Waals surface area contributed by atoms with Crippen LogP contribution >= 0.6 is 11.8 Å². The molecule has 0 aliphatic carbocycles. The predicted octanol–water partition coefficient (Wildman–Crippen LogP) is 3.45. The average molecular weight is 413 g/mol. The first-order valence-electron chi connectivity index (χ1n) is 10.2. The molecule has 0 amide bonds. The van der Waals surface area contributed by atoms with Gasteiger partial charge in [0.15, 0.2) is 22.1 Å². The van der Waals surface area contributed by atoms with E-state index in [-0.39, 0.29) is 0 Å². The number of hydrogen-bond donors (Lipinski definition) is 2. The van der Waals surface area contributed by atoms with Crippen LogP contribution < -0.4 is 15.8 Å². The fourth-order valence-corrected chi connectivity index (χ4v) is 4.69. The zero-order valence-electron chi connectivity index (χ0n) is 17.2. The number of imidazole rings is 1. The van der Waals surface area contributed by atoms with Crippen LogP contribution in [0.4, 0.5) is 5.82 Å². The minimum Gasteiger partial charge on any atom is -0.493 e. The minimum atomic E-state index is 0.420. The Morgan fingerprint density at radius 1 is 1.31 bits per heavy atom. The molecule has 1 aliphatic rings. The molecule has 0 saturated carbocycles. The lowest BCUT2D eigenvalue weighted by atomic mass is 10.1. The number of ether oxygens (including phenoxy) is 1. The van der Waals surface area contributed by atoms with Crippen molar-refractivity contribution < 1.29 is 4.74 Å². The third kappa shape index (κ3) is 4.18. The molecule has 0 fully saturated rings. The molecule has 1 aromatic carbocycles. The highest BCUT2D eigenvalue weighted by Gasteiger charge is 2.20. The summed E-state index contributed by atoms with van der Waals surface area (Å²) < 4.78 is 7.96. The van der Waals surface area contributed by atoms with Gasteiger partial charge in [-0.1, -0.05) is 38.6 Å². The van der Waals surface area contributed by atoms with E-state index in [0.29, 0.717) is 17.4 Å². The maximum absolute atomic E-state index is 6.09. The lowest BCUT2D eigenvalue weighted by Gasteiger charge is -2.13. The average Bonchev–Trinajstić information content (AvgIpc) is 3.29. The number of aromatic nitrogens is 4. The minimum absolute atomic E-state index is 0.420. The quantitative estimate of drug-likeness (QED) is 0.548. The van der Waals surface area contributed by atoms with E-state index in [1.807, 2.05) is 0 Å². The molecule has 8 heteroatoms. The summed E-state index contributed by atoms with van der Waals surface area (Å²) in [5, 5.41) is 4.36. The molecule has 1 aliphatic heterocycles. The highest BCUT2D eigenvalue weighted by Crippen LogP contribution is 2.38. The summed E-state index contributed by atoms with van der Waals surface area (Å²) in [6, 6.07) is 4.91. The molecule has 0 spiro atoms. The van der Waals surface area contributed by atoms with Crippen LogP contribution in [0.2, 0.25) is 0 Å². The molecule has 0 atom stereocenters. The molecule has 29 heavy (non-hydrogen) atoms. The van der Waals surface area contributed by atoms with Gasteiger partial charge in [-0.25, -0.2) is 15.0 Å². The van der Waals surface area contributed by atoms with Gasteiger partial charge in [0.25, 0.3) is 0 Å². The second kappa shape index (κ2) is 8.59. The fraction of sp³-hybridized carbons (Fsp3) is 0.476. The number of aryl methyl sites for hydroxylation is 2. The first-order valence-corrected chi connectivity index (χ1v) is 11.0. The van der Waals surface area contributed by atoms with Crippen molar-refractivity contribution in [3.8, 4) is 5.75 Å². The molecular formula is C21H28N6OS. The molecule has 0 unspecified atom stereocenters. The number of hydrogen-bond acceptors (Lipinski definition) is 7. The van der Waals surface area contributed by atoms with Crippen LogP contribution in [-0.4, -0.2) is 38.7 Å². The van der Waals surface area contributed by atoms with Gasteiger partial charge in [-0.15, -0.1) is 0 Å². The number of nitrogens with one attached hydrogen (secondary N) is 1. The van der Waals surface area contributed by atoms with Crippen molar-refractivity contribution in [2.75, 3.05) is 18.9 Å². The van der Waals surface area contributed by atoms with Crippen LogP contribution in [0, 0.1) is 0 Å². The van der Waals surface area contributed by atoms with Gasteiger partial charge in [0.2, 0.25) is 0 Å². The summed E-state index contributed by atoms with van der Waals surface area (Å²) in [6.45, 7) is 9.02. The summed E-state index contributed by atoms with van der Waals surface area (Å²) in [5.41, 5.74) is 10.2. The standard InChI is InChI=1S/C21H28N6OS/c1-4-14-10-15-6-9-28-16(15)11-17(14)29-21-26-18-19(22)24-12-25-20(18)27(21)8-5-7-23-13(2)3/h10-13,23H,4-9H2,1-3H3,(H2,22,24,25). The first-order chi connectivity index (χ1) is 14.1. The van der Waals surface area contributed by atoms with E-state index >= 15 is 0 Å². The summed E-state index contributed by atoms with van der Waals surface area (Å²) >= 11 is 1.66. The van der Waals surface area contributed by atoms with Gasteiger partial charge in [-0.3, -0.25) is 0 Å². The van der Waals surface area contributed by atoms with E-state index in [4.69, 9.17) is 15.5 Å². The number of nitrogens with two attached hydrogens (primary N) is 1. The topological polar surface area (TPSA) is 90.9 Å². The van der Waals surface area contributed by atoms with Crippen LogP contribution in [0.25, 0.3) is 11.2 Å². The van der Waals surface area contributed by atoms with Gasteiger partial charge in [-0.05, 0) is 36.6 Å². The lowest BCUT2D eigenvalue weighted by Crippen LogP contribution is -2.24. The van der Waals surface area contributed by atoms with Gasteiger partial charge < -0.3 is 20.4 Å². The fourth-order valence-electron chi connectivity index (χ4n) is 3.57. The number of nitrogens with zero attached hydrogens (tertiary/aromatic N) is 4. The molecule has 7 nitrogen and oxygen atoms in total. The molecule has 0 radical (unpaired) electrons. The Kier molecular flexibility index (Phi) is 5.91. The Labute approximate surface area is 175 Å². The second-order valence-corrected chi connectivity index (χ2v) is 8.57. The Balaban J connectivity index is 1.68. The van der Waals surface area contributed by atoms with E-state index in [2.05, 4.69) is 52.8 Å². The highest BCUT2D eigenvalue weighted by atomic mass is 32.2. The summed E-state index contributed by atoms with van der Waals surface area (Å²) in [5.74, 6) is 1.41. The van der Waals surface area contributed by atoms with E-state index in [1.165, 1.54) is 22.3 Å². The van der Waals surface area contributed by atoms with E-state index in [0.717, 1.165) is 55.5 Å². The Morgan fingerprint density at radius 2 is 2.17 bits per heavy atom. The maximum Gasteiger partial charge on any atom is 0.175 e. The second-order valence-electron chi connectivity index (χ2n) is 7.56. The van der Waals surface area contributed by atoms with Crippen molar-refractivity contribution >= 4 is 28.7 Å². The normalized spacial score (nSPS) is 13.2. The summed E-state index contributed by atoms with van der Waals surface area (Å²) in [7, 11) is 0. The zero-order valence-corrected chi connectivity index (χ0v) is 18.1. The predicted molar refractivity (Wildman–Crippen MR) is 117 cm³/mol. The Bertz CT molecular complexity index is 1020. The molecule has 3 aromatic rings. The third-order valence-electron chi connectivity index (χ3n) is 5.09. The van der Waals surface area contributed by atoms with Crippen LogP contribution in [-0.2, 0) is 19.4 Å². The maximum atomic E-state index is 6.09. The molecule has 0 saturated heterocycles. The zero-order chi connectivity index (χ0) is 20.4. The number of fused-ring (bicyclic) bond motifs is 2. The van der Waals surface area contributed by atoms with Gasteiger partial charge >= 0.3 is 0 Å². The van der Waals surface area contributed by atoms with E-state index in [1.54, 1.807) is 11.8 Å². The van der Waals surface area contributed by atoms with Crippen molar-refractivity contribution in [2.24, 2.45) is 0 Å². The van der Waals surface area contributed by atoms with E-state index in [9.17, 15) is 0 Å². The molecule has 2 aromatic heterocycles. The highest BCUT2D eigenvalue weighted by molar-refractivity contribution is 7.99. The summed E-state index contributed by atoms with van der Waals surface area (Å²) in [6.07, 6.45) is 4.45. The van der Waals surface area contributed by atoms with Gasteiger partial charge in [0.1, 0.15) is 12.1 Å². The van der Waals surface area contributed by atoms with Gasteiger partial charge in [-0.2, -0.15) is 0 Å². The van der Waals surface area contributed by atoms with Crippen molar-refractivity contribution in [2.45, 2.75) is 62.7 Å². The van der Waals surface area contributed by atoms with Crippen LogP contribution in [0.1, 0.15) is 38.3 Å². The Hall–Kier alpha value is -2.32. The molecule has 154 valence electrons. The molecule has 4 rings (SSSR count). The first kappa shape index (κ1) is 20.0. The lowest BCUT2D eigenvalue weighted by molar-refractivity contribution is 0.356. The van der Waals surface area contributed by atoms with Crippen LogP contribution in [0.5, 0.6) is 5.75 Å². The molecular weight excluding hydrogens is 384 g/mol. The number of benzene rings is 1. The third-order valence-corrected chi connectivity index (χ3v) is 6.19. The van der Waals surface area contributed by atoms with Crippen molar-refractivity contribution in [1.82, 2.24) is 24.8 Å². The smallest absolute Gasteiger partial charge is 0.175 e. The van der Waals surface area contributed by atoms with Crippen LogP contribution in [0.15, 0.2) is 28.5 Å². The monoisotopic (exact) mass is 412 g/mol. The molecule has 3 N–H and O–H groups in total. The SMILES string of the molecule is CCc1cc2c(cc1Sc1nc3c(N)ncnc3n1CCCNC(C)C)OCC2.